The largest absolute Gasteiger partial charge is 0.486 e. The second kappa shape index (κ2) is 8.11. The summed E-state index contributed by atoms with van der Waals surface area (Å²) >= 11 is 0. The molecule has 0 radical (unpaired) electrons. The number of aromatic nitrogens is 1. The minimum atomic E-state index is -3.69. The molecule has 9 nitrogen and oxygen atoms in total. The number of nitrogens with one attached hydrogen (secondary N) is 1. The van der Waals surface area contributed by atoms with Gasteiger partial charge in [-0.25, -0.2) is 8.42 Å². The maximum Gasteiger partial charge on any atom is 0.251 e. The Morgan fingerprint density at radius 1 is 1.07 bits per heavy atom. The van der Waals surface area contributed by atoms with Crippen molar-refractivity contribution in [2.24, 2.45) is 0 Å². The fraction of sp³-hybridized carbons (Fsp3) is 0.400. The van der Waals surface area contributed by atoms with Crippen LogP contribution in [0, 0.1) is 0 Å². The molecule has 1 N–H and O–H groups in total. The summed E-state index contributed by atoms with van der Waals surface area (Å²) in [5, 5.41) is 2.74. The van der Waals surface area contributed by atoms with Crippen LogP contribution in [0.25, 0.3) is 0 Å². The predicted molar refractivity (Wildman–Crippen MR) is 109 cm³/mol. The van der Waals surface area contributed by atoms with Crippen LogP contribution >= 0.6 is 0 Å². The molecule has 1 aromatic heterocycles. The summed E-state index contributed by atoms with van der Waals surface area (Å²) < 4.78 is 39.1. The van der Waals surface area contributed by atoms with E-state index in [1.807, 2.05) is 0 Å². The molecule has 2 aromatic rings. The van der Waals surface area contributed by atoms with Crippen molar-refractivity contribution in [3.8, 4) is 11.5 Å². The van der Waals surface area contributed by atoms with Gasteiger partial charge >= 0.3 is 0 Å². The summed E-state index contributed by atoms with van der Waals surface area (Å²) in [6.45, 7) is 3.36. The summed E-state index contributed by atoms with van der Waals surface area (Å²) in [7, 11) is -3.69. The zero-order valence-electron chi connectivity index (χ0n) is 16.5. The standard InChI is InChI=1S/C20H23N3O6S/c1-14(20(25)21-15-4-6-17-18(12-15)29-11-10-28-17)23-13-16(5-7-19(23)24)30(26,27)22-8-2-3-9-22/h4-7,12-14H,2-3,8-11H2,1H3,(H,21,25)/t14-/m0/s1. The van der Waals surface area contributed by atoms with E-state index in [4.69, 9.17) is 9.47 Å². The van der Waals surface area contributed by atoms with Crippen LogP contribution in [-0.4, -0.2) is 49.5 Å². The van der Waals surface area contributed by atoms with Gasteiger partial charge in [0.1, 0.15) is 19.3 Å². The summed E-state index contributed by atoms with van der Waals surface area (Å²) in [6, 6.07) is 6.57. The van der Waals surface area contributed by atoms with Crippen LogP contribution in [0.5, 0.6) is 11.5 Å². The van der Waals surface area contributed by atoms with Crippen molar-refractivity contribution < 1.29 is 22.7 Å². The van der Waals surface area contributed by atoms with Crippen molar-refractivity contribution in [3.63, 3.8) is 0 Å². The van der Waals surface area contributed by atoms with E-state index in [2.05, 4.69) is 5.32 Å². The van der Waals surface area contributed by atoms with Gasteiger partial charge in [0.05, 0.1) is 4.90 Å². The minimum Gasteiger partial charge on any atom is -0.486 e. The topological polar surface area (TPSA) is 107 Å². The zero-order valence-corrected chi connectivity index (χ0v) is 17.4. The van der Waals surface area contributed by atoms with Crippen molar-refractivity contribution in [1.29, 1.82) is 0 Å². The van der Waals surface area contributed by atoms with Crippen molar-refractivity contribution in [1.82, 2.24) is 8.87 Å². The third-order valence-electron chi connectivity index (χ3n) is 5.22. The zero-order chi connectivity index (χ0) is 21.3. The number of anilines is 1. The average Bonchev–Trinajstić information content (AvgIpc) is 3.29. The van der Waals surface area contributed by atoms with Crippen molar-refractivity contribution in [2.45, 2.75) is 30.7 Å². The van der Waals surface area contributed by atoms with Crippen LogP contribution in [-0.2, 0) is 14.8 Å². The van der Waals surface area contributed by atoms with Gasteiger partial charge in [-0.3, -0.25) is 9.59 Å². The minimum absolute atomic E-state index is 0.00276. The molecule has 0 spiro atoms. The highest BCUT2D eigenvalue weighted by Gasteiger charge is 2.28. The average molecular weight is 433 g/mol. The number of carbonyl (C=O) groups is 1. The molecule has 30 heavy (non-hydrogen) atoms. The van der Waals surface area contributed by atoms with E-state index in [9.17, 15) is 18.0 Å². The van der Waals surface area contributed by atoms with Gasteiger partial charge in [0.25, 0.3) is 5.56 Å². The Labute approximate surface area is 174 Å². The van der Waals surface area contributed by atoms with Crippen molar-refractivity contribution in [2.75, 3.05) is 31.6 Å². The summed E-state index contributed by atoms with van der Waals surface area (Å²) in [5.74, 6) is 0.676. The summed E-state index contributed by atoms with van der Waals surface area (Å²) in [4.78, 5) is 25.1. The van der Waals surface area contributed by atoms with Gasteiger partial charge in [-0.15, -0.1) is 0 Å². The Kier molecular flexibility index (Phi) is 5.52. The number of amides is 1. The first-order valence-corrected chi connectivity index (χ1v) is 11.2. The van der Waals surface area contributed by atoms with Crippen molar-refractivity contribution in [3.05, 3.63) is 46.9 Å². The van der Waals surface area contributed by atoms with Gasteiger partial charge in [-0.05, 0) is 38.0 Å². The molecular weight excluding hydrogens is 410 g/mol. The second-order valence-corrected chi connectivity index (χ2v) is 9.18. The fourth-order valence-corrected chi connectivity index (χ4v) is 5.03. The van der Waals surface area contributed by atoms with Crippen LogP contribution in [0.4, 0.5) is 5.69 Å². The lowest BCUT2D eigenvalue weighted by Gasteiger charge is -2.20. The van der Waals surface area contributed by atoms with Gasteiger partial charge in [0, 0.05) is 37.1 Å². The van der Waals surface area contributed by atoms with Gasteiger partial charge in [-0.1, -0.05) is 0 Å². The molecule has 2 aliphatic rings. The highest BCUT2D eigenvalue weighted by atomic mass is 32.2. The van der Waals surface area contributed by atoms with Crippen LogP contribution in [0.1, 0.15) is 25.8 Å². The van der Waals surface area contributed by atoms with Gasteiger partial charge in [-0.2, -0.15) is 4.31 Å². The SMILES string of the molecule is C[C@@H](C(=O)Nc1ccc2c(c1)OCCO2)n1cc(S(=O)(=O)N2CCCC2)ccc1=O. The lowest BCUT2D eigenvalue weighted by molar-refractivity contribution is -0.118. The van der Waals surface area contributed by atoms with Crippen LogP contribution in [0.15, 0.2) is 46.2 Å². The number of sulfonamides is 1. The Hall–Kier alpha value is -2.85. The van der Waals surface area contributed by atoms with Gasteiger partial charge in [0.15, 0.2) is 11.5 Å². The Morgan fingerprint density at radius 2 is 1.77 bits per heavy atom. The number of fused-ring (bicyclic) bond motifs is 1. The Morgan fingerprint density at radius 3 is 2.50 bits per heavy atom. The highest BCUT2D eigenvalue weighted by Crippen LogP contribution is 2.32. The lowest BCUT2D eigenvalue weighted by Crippen LogP contribution is -2.33. The van der Waals surface area contributed by atoms with Gasteiger partial charge in [0.2, 0.25) is 15.9 Å². The van der Waals surface area contributed by atoms with E-state index < -0.39 is 27.5 Å². The molecule has 1 amide bonds. The van der Waals surface area contributed by atoms with Crippen LogP contribution in [0.2, 0.25) is 0 Å². The number of hydrogen-bond donors (Lipinski definition) is 1. The van der Waals surface area contributed by atoms with E-state index in [0.29, 0.717) is 43.5 Å². The molecule has 1 atom stereocenters. The number of ether oxygens (including phenoxy) is 2. The second-order valence-electron chi connectivity index (χ2n) is 7.25. The van der Waals surface area contributed by atoms with E-state index >= 15 is 0 Å². The first kappa shape index (κ1) is 20.4. The number of pyridine rings is 1. The molecular formula is C20H23N3O6S. The van der Waals surface area contributed by atoms with E-state index in [0.717, 1.165) is 17.4 Å². The number of nitrogens with zero attached hydrogens (tertiary/aromatic N) is 2. The molecule has 1 saturated heterocycles. The molecule has 0 unspecified atom stereocenters. The molecule has 0 aliphatic carbocycles. The van der Waals surface area contributed by atoms with Crippen LogP contribution in [0.3, 0.4) is 0 Å². The smallest absolute Gasteiger partial charge is 0.251 e. The van der Waals surface area contributed by atoms with E-state index in [1.54, 1.807) is 25.1 Å². The van der Waals surface area contributed by atoms with Crippen LogP contribution < -0.4 is 20.3 Å². The highest BCUT2D eigenvalue weighted by molar-refractivity contribution is 7.89. The molecule has 10 heteroatoms. The molecule has 0 bridgehead atoms. The monoisotopic (exact) mass is 433 g/mol. The van der Waals surface area contributed by atoms with Crippen molar-refractivity contribution >= 4 is 21.6 Å². The third kappa shape index (κ3) is 3.92. The number of hydrogen-bond acceptors (Lipinski definition) is 6. The fourth-order valence-electron chi connectivity index (χ4n) is 3.51. The molecule has 4 rings (SSSR count). The van der Waals surface area contributed by atoms with E-state index in [1.165, 1.54) is 22.6 Å². The first-order chi connectivity index (χ1) is 14.4. The summed E-state index contributed by atoms with van der Waals surface area (Å²) in [5.41, 5.74) is 0.0326. The number of benzene rings is 1. The van der Waals surface area contributed by atoms with E-state index in [-0.39, 0.29) is 4.90 Å². The van der Waals surface area contributed by atoms with Gasteiger partial charge < -0.3 is 19.4 Å². The first-order valence-electron chi connectivity index (χ1n) is 9.79. The molecule has 1 fully saturated rings. The maximum atomic E-state index is 12.8. The molecule has 3 heterocycles. The predicted octanol–water partition coefficient (Wildman–Crippen LogP) is 1.60. The number of carbonyl (C=O) groups excluding carboxylic acids is 1. The summed E-state index contributed by atoms with van der Waals surface area (Å²) in [6.07, 6.45) is 2.87. The Bertz CT molecular complexity index is 1120. The number of rotatable bonds is 5. The maximum absolute atomic E-state index is 12.8. The molecule has 160 valence electrons. The molecule has 2 aliphatic heterocycles. The normalized spacial score (nSPS) is 17.5. The molecule has 0 saturated carbocycles. The third-order valence-corrected chi connectivity index (χ3v) is 7.10. The molecule has 1 aromatic carbocycles. The lowest BCUT2D eigenvalue weighted by atomic mass is 10.2. The Balaban J connectivity index is 1.56. The quantitative estimate of drug-likeness (QED) is 0.768.